The fourth-order valence-electron chi connectivity index (χ4n) is 1.53. The van der Waals surface area contributed by atoms with Gasteiger partial charge in [-0.1, -0.05) is 38.1 Å². The van der Waals surface area contributed by atoms with Crippen molar-refractivity contribution in [3.05, 3.63) is 35.4 Å². The number of nitrogens with one attached hydrogen (secondary N) is 1. The first-order chi connectivity index (χ1) is 8.44. The molecule has 0 spiro atoms. The van der Waals surface area contributed by atoms with Crippen LogP contribution < -0.4 is 4.72 Å². The second-order valence-electron chi connectivity index (χ2n) is 4.75. The van der Waals surface area contributed by atoms with Crippen molar-refractivity contribution in [1.29, 1.82) is 0 Å². The van der Waals surface area contributed by atoms with Gasteiger partial charge < -0.3 is 5.11 Å². The molecule has 0 aromatic heterocycles. The summed E-state index contributed by atoms with van der Waals surface area (Å²) in [5.41, 5.74) is 1.57. The molecule has 0 saturated carbocycles. The number of hydrogen-bond acceptors (Lipinski definition) is 3. The Labute approximate surface area is 109 Å². The van der Waals surface area contributed by atoms with Crippen LogP contribution in [0.25, 0.3) is 0 Å². The molecule has 0 saturated heterocycles. The monoisotopic (exact) mass is 271 g/mol. The average Bonchev–Trinajstić information content (AvgIpc) is 2.34. The van der Waals surface area contributed by atoms with Crippen molar-refractivity contribution in [2.24, 2.45) is 5.92 Å². The second kappa shape index (κ2) is 6.87. The van der Waals surface area contributed by atoms with E-state index in [0.29, 0.717) is 12.3 Å². The van der Waals surface area contributed by atoms with Crippen LogP contribution in [0.3, 0.4) is 0 Å². The van der Waals surface area contributed by atoms with Crippen LogP contribution in [0.4, 0.5) is 0 Å². The summed E-state index contributed by atoms with van der Waals surface area (Å²) in [7, 11) is -3.23. The molecule has 4 nitrogen and oxygen atoms in total. The molecule has 5 heteroatoms. The molecule has 0 aliphatic carbocycles. The first-order valence-electron chi connectivity index (χ1n) is 6.09. The van der Waals surface area contributed by atoms with Gasteiger partial charge in [-0.05, 0) is 23.5 Å². The smallest absolute Gasteiger partial charge is 0.211 e. The Balaban J connectivity index is 2.59. The number of sulfonamides is 1. The molecule has 0 heterocycles. The van der Waals surface area contributed by atoms with E-state index < -0.39 is 10.0 Å². The predicted molar refractivity (Wildman–Crippen MR) is 72.4 cm³/mol. The summed E-state index contributed by atoms with van der Waals surface area (Å²) in [4.78, 5) is 0. The lowest BCUT2D eigenvalue weighted by Gasteiger charge is -2.10. The molecule has 2 N–H and O–H groups in total. The summed E-state index contributed by atoms with van der Waals surface area (Å²) in [6, 6.07) is 7.26. The molecule has 18 heavy (non-hydrogen) atoms. The summed E-state index contributed by atoms with van der Waals surface area (Å²) in [5, 5.41) is 9.15. The fraction of sp³-hybridized carbons (Fsp3) is 0.538. The lowest BCUT2D eigenvalue weighted by molar-refractivity contribution is 0.280. The van der Waals surface area contributed by atoms with Crippen molar-refractivity contribution < 1.29 is 13.5 Å². The minimum atomic E-state index is -3.23. The standard InChI is InChI=1S/C13H21NO3S/c1-11(2)7-8-18(16,17)14-9-12-5-3-4-6-13(12)10-15/h3-6,11,14-15H,7-10H2,1-2H3. The van der Waals surface area contributed by atoms with E-state index in [2.05, 4.69) is 4.72 Å². The van der Waals surface area contributed by atoms with Crippen LogP contribution in [-0.2, 0) is 23.2 Å². The zero-order valence-electron chi connectivity index (χ0n) is 10.9. The van der Waals surface area contributed by atoms with Crippen LogP contribution >= 0.6 is 0 Å². The zero-order chi connectivity index (χ0) is 13.6. The van der Waals surface area contributed by atoms with Crippen LogP contribution in [0, 0.1) is 5.92 Å². The van der Waals surface area contributed by atoms with Crippen molar-refractivity contribution in [3.8, 4) is 0 Å². The van der Waals surface area contributed by atoms with Crippen molar-refractivity contribution in [2.75, 3.05) is 5.75 Å². The number of rotatable bonds is 7. The zero-order valence-corrected chi connectivity index (χ0v) is 11.7. The summed E-state index contributed by atoms with van der Waals surface area (Å²) >= 11 is 0. The maximum atomic E-state index is 11.7. The van der Waals surface area contributed by atoms with Gasteiger partial charge in [0.05, 0.1) is 12.4 Å². The van der Waals surface area contributed by atoms with E-state index in [0.717, 1.165) is 11.1 Å². The molecule has 0 bridgehead atoms. The lowest BCUT2D eigenvalue weighted by atomic mass is 10.1. The largest absolute Gasteiger partial charge is 0.392 e. The van der Waals surface area contributed by atoms with Gasteiger partial charge in [0, 0.05) is 6.54 Å². The third-order valence-electron chi connectivity index (χ3n) is 2.74. The van der Waals surface area contributed by atoms with Gasteiger partial charge in [-0.3, -0.25) is 0 Å². The average molecular weight is 271 g/mol. The van der Waals surface area contributed by atoms with Crippen LogP contribution in [0.15, 0.2) is 24.3 Å². The third kappa shape index (κ3) is 5.16. The van der Waals surface area contributed by atoms with Crippen molar-refractivity contribution >= 4 is 10.0 Å². The maximum absolute atomic E-state index is 11.7. The summed E-state index contributed by atoms with van der Waals surface area (Å²) in [5.74, 6) is 0.512. The fourth-order valence-corrected chi connectivity index (χ4v) is 2.84. The van der Waals surface area contributed by atoms with Gasteiger partial charge in [-0.15, -0.1) is 0 Å². The maximum Gasteiger partial charge on any atom is 0.211 e. The van der Waals surface area contributed by atoms with Crippen LogP contribution in [0.5, 0.6) is 0 Å². The molecule has 0 fully saturated rings. The van der Waals surface area contributed by atoms with Gasteiger partial charge in [0.25, 0.3) is 0 Å². The van der Waals surface area contributed by atoms with Gasteiger partial charge in [-0.2, -0.15) is 0 Å². The van der Waals surface area contributed by atoms with E-state index in [1.54, 1.807) is 6.07 Å². The highest BCUT2D eigenvalue weighted by molar-refractivity contribution is 7.89. The quantitative estimate of drug-likeness (QED) is 0.792. The van der Waals surface area contributed by atoms with Crippen molar-refractivity contribution in [1.82, 2.24) is 4.72 Å². The van der Waals surface area contributed by atoms with Gasteiger partial charge in [-0.25, -0.2) is 13.1 Å². The number of benzene rings is 1. The Hall–Kier alpha value is -0.910. The molecule has 0 aliphatic rings. The predicted octanol–water partition coefficient (Wildman–Crippen LogP) is 1.64. The van der Waals surface area contributed by atoms with Crippen molar-refractivity contribution in [3.63, 3.8) is 0 Å². The molecule has 1 rings (SSSR count). The first kappa shape index (κ1) is 15.1. The van der Waals surface area contributed by atoms with Crippen molar-refractivity contribution in [2.45, 2.75) is 33.4 Å². The Kier molecular flexibility index (Phi) is 5.78. The molecule has 1 aromatic rings. The Morgan fingerprint density at radius 1 is 1.22 bits per heavy atom. The topological polar surface area (TPSA) is 66.4 Å². The van der Waals surface area contributed by atoms with E-state index >= 15 is 0 Å². The summed E-state index contributed by atoms with van der Waals surface area (Å²) in [6.45, 7) is 4.15. The van der Waals surface area contributed by atoms with Crippen LogP contribution in [0.1, 0.15) is 31.4 Å². The third-order valence-corrected chi connectivity index (χ3v) is 4.09. The van der Waals surface area contributed by atoms with Gasteiger partial charge >= 0.3 is 0 Å². The minimum Gasteiger partial charge on any atom is -0.392 e. The molecule has 0 aliphatic heterocycles. The van der Waals surface area contributed by atoms with Gasteiger partial charge in [0.2, 0.25) is 10.0 Å². The highest BCUT2D eigenvalue weighted by Crippen LogP contribution is 2.09. The SMILES string of the molecule is CC(C)CCS(=O)(=O)NCc1ccccc1CO. The number of aliphatic hydroxyl groups excluding tert-OH is 1. The molecule has 102 valence electrons. The molecule has 0 amide bonds. The second-order valence-corrected chi connectivity index (χ2v) is 6.68. The van der Waals surface area contributed by atoms with Gasteiger partial charge in [0.1, 0.15) is 0 Å². The minimum absolute atomic E-state index is 0.0795. The van der Waals surface area contributed by atoms with E-state index in [9.17, 15) is 8.42 Å². The van der Waals surface area contributed by atoms with Gasteiger partial charge in [0.15, 0.2) is 0 Å². The van der Waals surface area contributed by atoms with E-state index in [1.165, 1.54) is 0 Å². The Bertz CT molecular complexity index is 469. The normalized spacial score (nSPS) is 12.0. The Morgan fingerprint density at radius 2 is 1.83 bits per heavy atom. The highest BCUT2D eigenvalue weighted by atomic mass is 32.2. The number of aliphatic hydroxyl groups is 1. The van der Waals surface area contributed by atoms with Crippen LogP contribution in [-0.4, -0.2) is 19.3 Å². The summed E-state index contributed by atoms with van der Waals surface area (Å²) in [6.07, 6.45) is 0.650. The molecular formula is C13H21NO3S. The molecule has 0 unspecified atom stereocenters. The van der Waals surface area contributed by atoms with Crippen LogP contribution in [0.2, 0.25) is 0 Å². The first-order valence-corrected chi connectivity index (χ1v) is 7.75. The highest BCUT2D eigenvalue weighted by Gasteiger charge is 2.11. The number of hydrogen-bond donors (Lipinski definition) is 2. The van der Waals surface area contributed by atoms with E-state index in [1.807, 2.05) is 32.0 Å². The van der Waals surface area contributed by atoms with E-state index in [4.69, 9.17) is 5.11 Å². The molecule has 1 aromatic carbocycles. The van der Waals surface area contributed by atoms with E-state index in [-0.39, 0.29) is 18.9 Å². The molecule has 0 radical (unpaired) electrons. The molecular weight excluding hydrogens is 250 g/mol. The summed E-state index contributed by atoms with van der Waals surface area (Å²) < 4.78 is 26.0. The Morgan fingerprint density at radius 3 is 2.39 bits per heavy atom. The lowest BCUT2D eigenvalue weighted by Crippen LogP contribution is -2.27. The molecule has 0 atom stereocenters.